The van der Waals surface area contributed by atoms with Crippen molar-refractivity contribution >= 4 is 28.6 Å². The van der Waals surface area contributed by atoms with Crippen molar-refractivity contribution in [3.63, 3.8) is 0 Å². The topological polar surface area (TPSA) is 62.5 Å². The first kappa shape index (κ1) is 17.9. The first-order valence-corrected chi connectivity index (χ1v) is 8.87. The third kappa shape index (κ3) is 3.41. The molecule has 1 fully saturated rings. The molecule has 0 spiro atoms. The first-order chi connectivity index (χ1) is 11.8. The number of nitrogens with zero attached hydrogens (tertiary/aromatic N) is 2. The summed E-state index contributed by atoms with van der Waals surface area (Å²) in [5.74, 6) is -2.53. The molecule has 0 bridgehead atoms. The fourth-order valence-electron chi connectivity index (χ4n) is 2.68. The summed E-state index contributed by atoms with van der Waals surface area (Å²) in [4.78, 5) is 25.4. The number of carboxylic acids is 1. The molecule has 0 saturated heterocycles. The molecule has 1 heterocycles. The van der Waals surface area contributed by atoms with E-state index in [1.165, 1.54) is 10.8 Å². The lowest BCUT2D eigenvalue weighted by Crippen LogP contribution is -2.20. The number of thioether (sulfide) groups is 1. The van der Waals surface area contributed by atoms with Gasteiger partial charge in [-0.25, -0.2) is 13.6 Å². The highest BCUT2D eigenvalue weighted by atomic mass is 32.2. The number of hydrogen-bond donors (Lipinski definition) is 1. The first-order valence-electron chi connectivity index (χ1n) is 7.89. The van der Waals surface area contributed by atoms with Crippen molar-refractivity contribution in [1.82, 2.24) is 9.47 Å². The number of pyridine rings is 1. The maximum absolute atomic E-state index is 15.0. The highest BCUT2D eigenvalue weighted by Crippen LogP contribution is 2.39. The fraction of sp³-hybridized carbons (Fsp3) is 0.412. The van der Waals surface area contributed by atoms with E-state index in [4.69, 9.17) is 0 Å². The lowest BCUT2D eigenvalue weighted by atomic mass is 10.1. The van der Waals surface area contributed by atoms with Crippen LogP contribution in [0.5, 0.6) is 0 Å². The number of fused-ring (bicyclic) bond motifs is 1. The summed E-state index contributed by atoms with van der Waals surface area (Å²) in [7, 11) is 3.73. The Balaban J connectivity index is 2.20. The summed E-state index contributed by atoms with van der Waals surface area (Å²) in [5.41, 5.74) is -1.33. The standard InChI is InChI=1S/C17H18F2N2O3S/c1-20(2)5-6-25-16-12(18)7-10-14(13(16)19)21(9-3-4-9)8-11(15(10)22)17(23)24/h7-9H,3-6H2,1-2H3,(H,23,24). The lowest BCUT2D eigenvalue weighted by molar-refractivity contribution is 0.0694. The van der Waals surface area contributed by atoms with Gasteiger partial charge in [0, 0.05) is 24.5 Å². The molecule has 1 aliphatic rings. The summed E-state index contributed by atoms with van der Waals surface area (Å²) in [5, 5.41) is 8.98. The van der Waals surface area contributed by atoms with Crippen molar-refractivity contribution in [3.8, 4) is 0 Å². The van der Waals surface area contributed by atoms with Crippen LogP contribution in [0.2, 0.25) is 0 Å². The molecule has 8 heteroatoms. The number of carboxylic acid groups (broad SMARTS) is 1. The van der Waals surface area contributed by atoms with Gasteiger partial charge in [-0.05, 0) is 33.0 Å². The van der Waals surface area contributed by atoms with Crippen molar-refractivity contribution in [2.24, 2.45) is 0 Å². The summed E-state index contributed by atoms with van der Waals surface area (Å²) < 4.78 is 30.9. The van der Waals surface area contributed by atoms with E-state index in [2.05, 4.69) is 0 Å². The second-order valence-electron chi connectivity index (χ2n) is 6.36. The average molecular weight is 368 g/mol. The molecule has 1 aromatic carbocycles. The highest BCUT2D eigenvalue weighted by molar-refractivity contribution is 7.99. The predicted molar refractivity (Wildman–Crippen MR) is 92.6 cm³/mol. The van der Waals surface area contributed by atoms with Crippen LogP contribution in [0, 0.1) is 11.6 Å². The van der Waals surface area contributed by atoms with Gasteiger partial charge in [0.15, 0.2) is 5.82 Å². The van der Waals surface area contributed by atoms with E-state index < -0.39 is 28.6 Å². The quantitative estimate of drug-likeness (QED) is 0.795. The lowest BCUT2D eigenvalue weighted by Gasteiger charge is -2.15. The normalized spacial score (nSPS) is 14.4. The molecule has 0 amide bonds. The van der Waals surface area contributed by atoms with Crippen LogP contribution in [-0.2, 0) is 0 Å². The minimum Gasteiger partial charge on any atom is -0.477 e. The SMILES string of the molecule is CN(C)CCSc1c(F)cc2c(=O)c(C(=O)O)cn(C3CC3)c2c1F. The zero-order chi connectivity index (χ0) is 18.3. The minimum absolute atomic E-state index is 0.00810. The molecular formula is C17H18F2N2O3S. The largest absolute Gasteiger partial charge is 0.477 e. The van der Waals surface area contributed by atoms with E-state index in [-0.39, 0.29) is 21.8 Å². The van der Waals surface area contributed by atoms with E-state index >= 15 is 4.39 Å². The molecule has 134 valence electrons. The Labute approximate surface area is 147 Å². The molecule has 0 unspecified atom stereocenters. The van der Waals surface area contributed by atoms with Crippen LogP contribution in [0.25, 0.3) is 10.9 Å². The van der Waals surface area contributed by atoms with Gasteiger partial charge in [0.2, 0.25) is 5.43 Å². The van der Waals surface area contributed by atoms with Crippen molar-refractivity contribution in [2.45, 2.75) is 23.8 Å². The van der Waals surface area contributed by atoms with Crippen LogP contribution in [-0.4, -0.2) is 46.9 Å². The van der Waals surface area contributed by atoms with Crippen LogP contribution in [0.1, 0.15) is 29.2 Å². The Hall–Kier alpha value is -1.93. The molecule has 0 atom stereocenters. The number of rotatable bonds is 6. The predicted octanol–water partition coefficient (Wildman–Crippen LogP) is 2.97. The van der Waals surface area contributed by atoms with Crippen LogP contribution >= 0.6 is 11.8 Å². The third-order valence-corrected chi connectivity index (χ3v) is 5.17. The molecule has 3 rings (SSSR count). The van der Waals surface area contributed by atoms with Gasteiger partial charge in [0.1, 0.15) is 11.4 Å². The molecule has 2 aromatic rings. The number of benzene rings is 1. The number of halogens is 2. The van der Waals surface area contributed by atoms with Gasteiger partial charge in [-0.2, -0.15) is 0 Å². The fourth-order valence-corrected chi connectivity index (χ4v) is 3.76. The molecule has 25 heavy (non-hydrogen) atoms. The number of aromatic nitrogens is 1. The summed E-state index contributed by atoms with van der Waals surface area (Å²) in [6.07, 6.45) is 2.73. The van der Waals surface area contributed by atoms with E-state index in [1.54, 1.807) is 0 Å². The monoisotopic (exact) mass is 368 g/mol. The Morgan fingerprint density at radius 2 is 2.08 bits per heavy atom. The zero-order valence-electron chi connectivity index (χ0n) is 13.9. The van der Waals surface area contributed by atoms with E-state index in [9.17, 15) is 19.1 Å². The van der Waals surface area contributed by atoms with Gasteiger partial charge < -0.3 is 14.6 Å². The van der Waals surface area contributed by atoms with Gasteiger partial charge >= 0.3 is 5.97 Å². The second kappa shape index (κ2) is 6.76. The highest BCUT2D eigenvalue weighted by Gasteiger charge is 2.29. The van der Waals surface area contributed by atoms with Crippen molar-refractivity contribution in [2.75, 3.05) is 26.4 Å². The van der Waals surface area contributed by atoms with Crippen LogP contribution in [0.15, 0.2) is 22.0 Å². The zero-order valence-corrected chi connectivity index (χ0v) is 14.7. The molecule has 1 aromatic heterocycles. The molecule has 0 aliphatic heterocycles. The number of aromatic carboxylic acids is 1. The Bertz CT molecular complexity index is 907. The van der Waals surface area contributed by atoms with E-state index in [0.717, 1.165) is 30.7 Å². The van der Waals surface area contributed by atoms with Gasteiger partial charge in [-0.1, -0.05) is 0 Å². The van der Waals surface area contributed by atoms with Crippen molar-refractivity contribution in [1.29, 1.82) is 0 Å². The maximum Gasteiger partial charge on any atom is 0.341 e. The van der Waals surface area contributed by atoms with Crippen LogP contribution in [0.4, 0.5) is 8.78 Å². The Morgan fingerprint density at radius 1 is 1.40 bits per heavy atom. The number of hydrogen-bond acceptors (Lipinski definition) is 4. The maximum atomic E-state index is 15.0. The van der Waals surface area contributed by atoms with Gasteiger partial charge in [-0.15, -0.1) is 11.8 Å². The molecule has 1 N–H and O–H groups in total. The molecule has 1 saturated carbocycles. The average Bonchev–Trinajstić information content (AvgIpc) is 3.35. The van der Waals surface area contributed by atoms with Crippen LogP contribution in [0.3, 0.4) is 0 Å². The van der Waals surface area contributed by atoms with E-state index in [0.29, 0.717) is 12.3 Å². The van der Waals surface area contributed by atoms with Crippen LogP contribution < -0.4 is 5.43 Å². The molecule has 5 nitrogen and oxygen atoms in total. The third-order valence-electron chi connectivity index (χ3n) is 4.12. The van der Waals surface area contributed by atoms with Crippen molar-refractivity contribution in [3.05, 3.63) is 39.7 Å². The van der Waals surface area contributed by atoms with Crippen molar-refractivity contribution < 1.29 is 18.7 Å². The minimum atomic E-state index is -1.40. The number of carbonyl (C=O) groups is 1. The molecule has 0 radical (unpaired) electrons. The van der Waals surface area contributed by atoms with Gasteiger partial charge in [-0.3, -0.25) is 4.79 Å². The Kier molecular flexibility index (Phi) is 4.83. The Morgan fingerprint density at radius 3 is 2.64 bits per heavy atom. The van der Waals surface area contributed by atoms with Gasteiger partial charge in [0.05, 0.1) is 15.8 Å². The second-order valence-corrected chi connectivity index (χ2v) is 7.47. The summed E-state index contributed by atoms with van der Waals surface area (Å²) in [6.45, 7) is 0.648. The molecular weight excluding hydrogens is 350 g/mol. The molecule has 1 aliphatic carbocycles. The van der Waals surface area contributed by atoms with Gasteiger partial charge in [0.25, 0.3) is 0 Å². The smallest absolute Gasteiger partial charge is 0.341 e. The summed E-state index contributed by atoms with van der Waals surface area (Å²) >= 11 is 1.05. The van der Waals surface area contributed by atoms with E-state index in [1.807, 2.05) is 19.0 Å². The summed E-state index contributed by atoms with van der Waals surface area (Å²) in [6, 6.07) is 0.908.